The molecule has 0 spiro atoms. The van der Waals surface area contributed by atoms with Crippen molar-refractivity contribution in [1.29, 1.82) is 0 Å². The fourth-order valence-corrected chi connectivity index (χ4v) is 10.7. The van der Waals surface area contributed by atoms with Crippen molar-refractivity contribution in [2.45, 2.75) is 38.8 Å². The first-order valence-corrected chi connectivity index (χ1v) is 25.4. The summed E-state index contributed by atoms with van der Waals surface area (Å²) in [5, 5.41) is 1.32. The molecule has 7 aromatic heterocycles. The summed E-state index contributed by atoms with van der Waals surface area (Å²) in [6.45, 7) is 1.53. The number of nitrogens with one attached hydrogen (secondary N) is 3. The zero-order valence-corrected chi connectivity index (χ0v) is 41.4. The van der Waals surface area contributed by atoms with Crippen LogP contribution in [0.15, 0.2) is 159 Å². The normalized spacial score (nSPS) is 12.1. The number of halogens is 2. The largest absolute Gasteiger partial charge is 0.354 e. The minimum absolute atomic E-state index is 0.659. The third-order valence-corrected chi connectivity index (χ3v) is 14.4. The smallest absolute Gasteiger partial charge is 0.304 e. The van der Waals surface area contributed by atoms with Gasteiger partial charge in [-0.3, -0.25) is 4.98 Å². The summed E-state index contributed by atoms with van der Waals surface area (Å²) in [6.07, 6.45) is 22.5. The van der Waals surface area contributed by atoms with Crippen LogP contribution < -0.4 is 4.57 Å². The van der Waals surface area contributed by atoms with Crippen molar-refractivity contribution >= 4 is 91.9 Å². The quantitative estimate of drug-likeness (QED) is 0.103. The zero-order valence-electron chi connectivity index (χ0n) is 39.8. The molecule has 2 aliphatic rings. The predicted molar refractivity (Wildman–Crippen MR) is 297 cm³/mol. The van der Waals surface area contributed by atoms with Crippen LogP contribution in [0.3, 0.4) is 0 Å². The monoisotopic (exact) mass is 1000 g/mol. The van der Waals surface area contributed by atoms with E-state index in [0.29, 0.717) is 10.0 Å². The molecule has 0 radical (unpaired) electrons. The summed E-state index contributed by atoms with van der Waals surface area (Å²) in [5.41, 5.74) is 20.8. The lowest BCUT2D eigenvalue weighted by molar-refractivity contribution is -0.673. The van der Waals surface area contributed by atoms with E-state index in [1.54, 1.807) is 25.0 Å². The van der Waals surface area contributed by atoms with Gasteiger partial charge in [-0.1, -0.05) is 101 Å². The molecule has 3 N–H and O–H groups in total. The number of H-pyrrole nitrogens is 3. The second-order valence-corrected chi connectivity index (χ2v) is 19.3. The van der Waals surface area contributed by atoms with Gasteiger partial charge in [0.25, 0.3) is 0 Å². The van der Waals surface area contributed by atoms with Crippen molar-refractivity contribution in [3.8, 4) is 44.5 Å². The lowest BCUT2D eigenvalue weighted by Gasteiger charge is -2.12. The minimum Gasteiger partial charge on any atom is -0.354 e. The average Bonchev–Trinajstić information content (AvgIpc) is 4.32. The number of hydrogen-bond donors (Lipinski definition) is 3. The fraction of sp³-hybridized carbons (Fsp3) is 0.100. The molecule has 0 unspecified atom stereocenters. The van der Waals surface area contributed by atoms with Gasteiger partial charge in [-0.15, -0.1) is 0 Å². The number of aromatic nitrogens is 12. The molecule has 9 heterocycles. The van der Waals surface area contributed by atoms with E-state index in [4.69, 9.17) is 33.2 Å². The molecule has 4 aromatic carbocycles. The number of nitrogens with zero attached hydrogens (tertiary/aromatic N) is 9. The molecule has 8 bridgehead atoms. The van der Waals surface area contributed by atoms with Crippen LogP contribution in [-0.4, -0.2) is 54.4 Å². The standard InChI is InChI=1S/C60H44Cl2N12/c61-41-17-13-39(14-18-41)55-45-21-25-49(69-45)57(43-11-3-1-7-37(43)9-5-29-73-35-67-53-31-63-33-65-59(53)73)50-26-22-46(70-50)56(40-15-19-42(62)20-16-40)48-24-28-52(72-48)58(51-27-23-47(55)71-51)44-12-4-2-8-38(44)10-6-30-74-36-68-54-32-64-34-66-60(54)74/h1-4,7-8,11-28,31-36H,5-6,9-10,29-30H2,(H2,69,70,71,72)/p+1. The summed E-state index contributed by atoms with van der Waals surface area (Å²) >= 11 is 13.1. The van der Waals surface area contributed by atoms with Crippen LogP contribution in [0.5, 0.6) is 0 Å². The molecule has 0 fully saturated rings. The number of hydrogen-bond acceptors (Lipinski definition) is 7. The predicted octanol–water partition coefficient (Wildman–Crippen LogP) is 13.6. The molecule has 12 nitrogen and oxygen atoms in total. The van der Waals surface area contributed by atoms with Crippen molar-refractivity contribution in [3.05, 3.63) is 203 Å². The van der Waals surface area contributed by atoms with Gasteiger partial charge in [0.2, 0.25) is 0 Å². The Morgan fingerprint density at radius 3 is 1.61 bits per heavy atom. The molecule has 358 valence electrons. The Labute approximate surface area is 434 Å². The Balaban J connectivity index is 1.03. The van der Waals surface area contributed by atoms with E-state index >= 15 is 0 Å². The van der Waals surface area contributed by atoms with E-state index in [2.05, 4.69) is 170 Å². The molecular formula is C60H45Cl2N12+. The first-order chi connectivity index (χ1) is 36.5. The first kappa shape index (κ1) is 45.1. The van der Waals surface area contributed by atoms with Crippen molar-refractivity contribution in [1.82, 2.24) is 54.4 Å². The van der Waals surface area contributed by atoms with E-state index in [1.165, 1.54) is 11.1 Å². The zero-order chi connectivity index (χ0) is 49.5. The molecule has 11 aromatic rings. The summed E-state index contributed by atoms with van der Waals surface area (Å²) in [6, 6.07) is 42.0. The van der Waals surface area contributed by atoms with Gasteiger partial charge in [0.1, 0.15) is 11.8 Å². The van der Waals surface area contributed by atoms with Crippen molar-refractivity contribution in [2.24, 2.45) is 0 Å². The van der Waals surface area contributed by atoms with Gasteiger partial charge in [-0.05, 0) is 132 Å². The Hall–Kier alpha value is -8.84. The maximum atomic E-state index is 6.56. The Morgan fingerprint density at radius 1 is 0.500 bits per heavy atom. The Morgan fingerprint density at radius 2 is 1.01 bits per heavy atom. The molecule has 2 aliphatic heterocycles. The number of benzene rings is 4. The summed E-state index contributed by atoms with van der Waals surface area (Å²) in [5.74, 6) is 0. The Kier molecular flexibility index (Phi) is 11.8. The molecule has 74 heavy (non-hydrogen) atoms. The molecule has 13 rings (SSSR count). The van der Waals surface area contributed by atoms with E-state index < -0.39 is 0 Å². The maximum absolute atomic E-state index is 6.56. The highest BCUT2D eigenvalue weighted by atomic mass is 35.5. The van der Waals surface area contributed by atoms with Crippen LogP contribution in [0.1, 0.15) is 46.7 Å². The second kappa shape index (κ2) is 19.3. The van der Waals surface area contributed by atoms with Crippen LogP contribution in [-0.2, 0) is 25.9 Å². The number of aryl methyl sites for hydroxylation is 4. The molecule has 0 saturated carbocycles. The molecule has 0 aliphatic carbocycles. The average molecular weight is 1010 g/mol. The molecule has 0 amide bonds. The lowest BCUT2D eigenvalue weighted by atomic mass is 9.95. The highest BCUT2D eigenvalue weighted by Gasteiger charge is 2.22. The topological polar surface area (TPSA) is 146 Å². The number of rotatable bonds is 12. The van der Waals surface area contributed by atoms with Crippen molar-refractivity contribution in [3.63, 3.8) is 0 Å². The third kappa shape index (κ3) is 8.53. The second-order valence-electron chi connectivity index (χ2n) is 18.4. The maximum Gasteiger partial charge on any atom is 0.304 e. The fourth-order valence-electron chi connectivity index (χ4n) is 10.5. The molecule has 0 atom stereocenters. The van der Waals surface area contributed by atoms with Gasteiger partial charge < -0.3 is 14.5 Å². The number of fused-ring (bicyclic) bond motifs is 10. The van der Waals surface area contributed by atoms with Crippen LogP contribution in [0.2, 0.25) is 10.0 Å². The summed E-state index contributed by atoms with van der Waals surface area (Å²) < 4.78 is 4.25. The van der Waals surface area contributed by atoms with Crippen LogP contribution in [0, 0.1) is 0 Å². The van der Waals surface area contributed by atoms with Gasteiger partial charge >= 0.3 is 5.65 Å². The van der Waals surface area contributed by atoms with Gasteiger partial charge in [-0.2, -0.15) is 0 Å². The molecule has 14 heteroatoms. The van der Waals surface area contributed by atoms with Gasteiger partial charge in [0.15, 0.2) is 23.8 Å². The highest BCUT2D eigenvalue weighted by molar-refractivity contribution is 6.31. The van der Waals surface area contributed by atoms with E-state index in [0.717, 1.165) is 150 Å². The highest BCUT2D eigenvalue weighted by Crippen LogP contribution is 2.40. The van der Waals surface area contributed by atoms with E-state index in [-0.39, 0.29) is 0 Å². The third-order valence-electron chi connectivity index (χ3n) is 13.9. The van der Waals surface area contributed by atoms with Crippen LogP contribution >= 0.6 is 23.2 Å². The van der Waals surface area contributed by atoms with Crippen molar-refractivity contribution in [2.75, 3.05) is 0 Å². The van der Waals surface area contributed by atoms with E-state index in [9.17, 15) is 0 Å². The SMILES string of the molecule is Clc1ccc(-c2c3nc(c(-c4ccccc4CCC[n+]4c[nH]c5cncnc54)c4ccc([nH]4)c(-c4ccc(Cl)cc4)c4nc(c(-c5ccccc5CCCn5cnc6cncnc65)c5ccc2[nH]5)C=C4)C=C3)cc1. The number of aromatic amines is 3. The van der Waals surface area contributed by atoms with Gasteiger partial charge in [-0.25, -0.2) is 34.5 Å². The summed E-state index contributed by atoms with van der Waals surface area (Å²) in [7, 11) is 0. The Bertz CT molecular complexity index is 3910. The van der Waals surface area contributed by atoms with Crippen molar-refractivity contribution < 1.29 is 4.57 Å². The van der Waals surface area contributed by atoms with E-state index in [1.807, 2.05) is 36.9 Å². The number of imidazole rings is 2. The van der Waals surface area contributed by atoms with Crippen LogP contribution in [0.4, 0.5) is 0 Å². The first-order valence-electron chi connectivity index (χ1n) is 24.6. The summed E-state index contributed by atoms with van der Waals surface area (Å²) in [4.78, 5) is 44.2. The van der Waals surface area contributed by atoms with Gasteiger partial charge in [0.05, 0.1) is 48.0 Å². The van der Waals surface area contributed by atoms with Crippen LogP contribution in [0.25, 0.3) is 113 Å². The van der Waals surface area contributed by atoms with Gasteiger partial charge in [0, 0.05) is 60.9 Å². The minimum atomic E-state index is 0.659. The molecular weight excluding hydrogens is 960 g/mol. The molecule has 0 saturated heterocycles. The lowest BCUT2D eigenvalue weighted by Crippen LogP contribution is -2.32.